The van der Waals surface area contributed by atoms with Gasteiger partial charge in [-0.15, -0.1) is 0 Å². The van der Waals surface area contributed by atoms with Crippen molar-refractivity contribution in [1.82, 2.24) is 4.98 Å². The Bertz CT molecular complexity index is 669. The number of nitrogens with one attached hydrogen (secondary N) is 1. The summed E-state index contributed by atoms with van der Waals surface area (Å²) >= 11 is 3.37. The molecule has 0 aliphatic rings. The molecule has 20 heavy (non-hydrogen) atoms. The molecule has 2 N–H and O–H groups in total. The third-order valence-corrected chi connectivity index (χ3v) is 3.74. The average Bonchev–Trinajstić information content (AvgIpc) is 2.42. The second kappa shape index (κ2) is 5.83. The Morgan fingerprint density at radius 3 is 2.60 bits per heavy atom. The maximum Gasteiger partial charge on any atom is 0.337 e. The van der Waals surface area contributed by atoms with E-state index in [1.54, 1.807) is 12.1 Å². The number of carbonyl (C=O) groups excluding carboxylic acids is 1. The fourth-order valence-corrected chi connectivity index (χ4v) is 2.05. The number of amides is 1. The van der Waals surface area contributed by atoms with E-state index in [1.165, 1.54) is 18.3 Å². The van der Waals surface area contributed by atoms with E-state index in [2.05, 4.69) is 26.2 Å². The van der Waals surface area contributed by atoms with Crippen molar-refractivity contribution in [2.24, 2.45) is 0 Å². The van der Waals surface area contributed by atoms with E-state index in [0.29, 0.717) is 11.4 Å². The van der Waals surface area contributed by atoms with Crippen LogP contribution in [0.3, 0.4) is 0 Å². The predicted octanol–water partition coefficient (Wildman–Crippen LogP) is 3.10. The van der Waals surface area contributed by atoms with Gasteiger partial charge in [-0.25, -0.2) is 9.78 Å². The van der Waals surface area contributed by atoms with Crippen molar-refractivity contribution in [1.29, 1.82) is 0 Å². The number of hydrogen-bond donors (Lipinski definition) is 2. The Kier molecular flexibility index (Phi) is 4.14. The van der Waals surface area contributed by atoms with Gasteiger partial charge in [0.1, 0.15) is 5.82 Å². The van der Waals surface area contributed by atoms with Crippen LogP contribution in [0.15, 0.2) is 41.0 Å². The fourth-order valence-electron chi connectivity index (χ4n) is 1.60. The van der Waals surface area contributed by atoms with Crippen molar-refractivity contribution in [2.75, 3.05) is 5.32 Å². The second-order valence-electron chi connectivity index (χ2n) is 4.13. The van der Waals surface area contributed by atoms with Gasteiger partial charge in [0.2, 0.25) is 0 Å². The third kappa shape index (κ3) is 3.03. The highest BCUT2D eigenvalue weighted by molar-refractivity contribution is 9.10. The highest BCUT2D eigenvalue weighted by atomic mass is 79.9. The first-order chi connectivity index (χ1) is 9.49. The molecule has 0 aliphatic heterocycles. The van der Waals surface area contributed by atoms with Gasteiger partial charge in [0.05, 0.1) is 11.1 Å². The van der Waals surface area contributed by atoms with E-state index in [-0.39, 0.29) is 11.5 Å². The summed E-state index contributed by atoms with van der Waals surface area (Å²) in [5.74, 6) is -1.07. The number of rotatable bonds is 3. The number of carboxylic acids is 1. The summed E-state index contributed by atoms with van der Waals surface area (Å²) in [6, 6.07) is 8.20. The van der Waals surface area contributed by atoms with Crippen LogP contribution in [0, 0.1) is 6.92 Å². The fraction of sp³-hybridized carbons (Fsp3) is 0.0714. The van der Waals surface area contributed by atoms with Crippen molar-refractivity contribution in [3.8, 4) is 0 Å². The van der Waals surface area contributed by atoms with E-state index in [9.17, 15) is 9.59 Å². The first kappa shape index (κ1) is 14.2. The smallest absolute Gasteiger partial charge is 0.337 e. The Balaban J connectivity index is 2.19. The number of anilines is 1. The number of pyridine rings is 1. The van der Waals surface area contributed by atoms with Gasteiger partial charge in [0.15, 0.2) is 0 Å². The number of benzene rings is 1. The summed E-state index contributed by atoms with van der Waals surface area (Å²) in [5.41, 5.74) is 1.51. The SMILES string of the molecule is Cc1cccc(C(=O)Nc2ccc(C(=O)O)cn2)c1Br. The molecule has 1 amide bonds. The summed E-state index contributed by atoms with van der Waals surface area (Å²) in [7, 11) is 0. The zero-order chi connectivity index (χ0) is 14.7. The lowest BCUT2D eigenvalue weighted by Gasteiger charge is -2.08. The lowest BCUT2D eigenvalue weighted by atomic mass is 10.1. The molecule has 0 saturated carbocycles. The van der Waals surface area contributed by atoms with Crippen molar-refractivity contribution in [3.63, 3.8) is 0 Å². The number of hydrogen-bond acceptors (Lipinski definition) is 3. The predicted molar refractivity (Wildman–Crippen MR) is 78.0 cm³/mol. The minimum absolute atomic E-state index is 0.0692. The van der Waals surface area contributed by atoms with Gasteiger partial charge in [-0.2, -0.15) is 0 Å². The molecule has 0 bridgehead atoms. The van der Waals surface area contributed by atoms with Crippen LogP contribution in [0.4, 0.5) is 5.82 Å². The highest BCUT2D eigenvalue weighted by Crippen LogP contribution is 2.21. The first-order valence-electron chi connectivity index (χ1n) is 5.75. The Labute approximate surface area is 123 Å². The van der Waals surface area contributed by atoms with Crippen molar-refractivity contribution in [3.05, 3.63) is 57.7 Å². The van der Waals surface area contributed by atoms with Crippen LogP contribution in [0.1, 0.15) is 26.3 Å². The maximum atomic E-state index is 12.1. The molecule has 0 fully saturated rings. The largest absolute Gasteiger partial charge is 0.478 e. The van der Waals surface area contributed by atoms with Crippen LogP contribution in [0.25, 0.3) is 0 Å². The number of carbonyl (C=O) groups is 2. The Hall–Kier alpha value is -2.21. The van der Waals surface area contributed by atoms with Crippen molar-refractivity contribution >= 4 is 33.6 Å². The molecular weight excluding hydrogens is 324 g/mol. The van der Waals surface area contributed by atoms with Crippen LogP contribution in [-0.4, -0.2) is 22.0 Å². The molecule has 1 heterocycles. The van der Waals surface area contributed by atoms with E-state index >= 15 is 0 Å². The van der Waals surface area contributed by atoms with Crippen LogP contribution >= 0.6 is 15.9 Å². The summed E-state index contributed by atoms with van der Waals surface area (Å²) in [6.07, 6.45) is 1.20. The topological polar surface area (TPSA) is 79.3 Å². The standard InChI is InChI=1S/C14H11BrN2O3/c1-8-3-2-4-10(12(8)15)13(18)17-11-6-5-9(7-16-11)14(19)20/h2-7H,1H3,(H,19,20)(H,16,17,18). The molecule has 6 heteroatoms. The van der Waals surface area contributed by atoms with E-state index in [4.69, 9.17) is 5.11 Å². The number of aromatic carboxylic acids is 1. The van der Waals surface area contributed by atoms with Gasteiger partial charge < -0.3 is 10.4 Å². The molecule has 0 spiro atoms. The second-order valence-corrected chi connectivity index (χ2v) is 4.92. The zero-order valence-electron chi connectivity index (χ0n) is 10.6. The Morgan fingerprint density at radius 1 is 1.25 bits per heavy atom. The molecule has 0 saturated heterocycles. The lowest BCUT2D eigenvalue weighted by Crippen LogP contribution is -2.14. The minimum Gasteiger partial charge on any atom is -0.478 e. The van der Waals surface area contributed by atoms with Crippen molar-refractivity contribution in [2.45, 2.75) is 6.92 Å². The molecule has 0 atom stereocenters. The number of halogens is 1. The maximum absolute atomic E-state index is 12.1. The quantitative estimate of drug-likeness (QED) is 0.903. The molecule has 2 aromatic rings. The number of nitrogens with zero attached hydrogens (tertiary/aromatic N) is 1. The summed E-state index contributed by atoms with van der Waals surface area (Å²) in [5, 5.41) is 11.4. The summed E-state index contributed by atoms with van der Waals surface area (Å²) in [6.45, 7) is 1.89. The molecule has 0 unspecified atom stereocenters. The summed E-state index contributed by atoms with van der Waals surface area (Å²) in [4.78, 5) is 26.7. The number of carboxylic acid groups (broad SMARTS) is 1. The molecule has 1 aromatic heterocycles. The molecule has 102 valence electrons. The molecule has 5 nitrogen and oxygen atoms in total. The van der Waals surface area contributed by atoms with E-state index < -0.39 is 5.97 Å². The van der Waals surface area contributed by atoms with Gasteiger partial charge in [0, 0.05) is 10.7 Å². The zero-order valence-corrected chi connectivity index (χ0v) is 12.1. The number of aromatic nitrogens is 1. The van der Waals surface area contributed by atoms with Crippen LogP contribution in [0.2, 0.25) is 0 Å². The molecule has 0 aliphatic carbocycles. The highest BCUT2D eigenvalue weighted by Gasteiger charge is 2.12. The molecular formula is C14H11BrN2O3. The van der Waals surface area contributed by atoms with Gasteiger partial charge in [-0.1, -0.05) is 12.1 Å². The normalized spacial score (nSPS) is 10.1. The van der Waals surface area contributed by atoms with Gasteiger partial charge in [-0.05, 0) is 46.6 Å². The van der Waals surface area contributed by atoms with E-state index in [1.807, 2.05) is 13.0 Å². The third-order valence-electron chi connectivity index (χ3n) is 2.69. The average molecular weight is 335 g/mol. The molecule has 1 aromatic carbocycles. The first-order valence-corrected chi connectivity index (χ1v) is 6.54. The summed E-state index contributed by atoms with van der Waals surface area (Å²) < 4.78 is 0.722. The van der Waals surface area contributed by atoms with E-state index in [0.717, 1.165) is 10.0 Å². The Morgan fingerprint density at radius 2 is 2.00 bits per heavy atom. The van der Waals surface area contributed by atoms with Crippen LogP contribution in [-0.2, 0) is 0 Å². The lowest BCUT2D eigenvalue weighted by molar-refractivity contribution is 0.0696. The number of aryl methyl sites for hydroxylation is 1. The van der Waals surface area contributed by atoms with Crippen LogP contribution in [0.5, 0.6) is 0 Å². The van der Waals surface area contributed by atoms with Crippen LogP contribution < -0.4 is 5.32 Å². The van der Waals surface area contributed by atoms with Gasteiger partial charge in [0.25, 0.3) is 5.91 Å². The molecule has 0 radical (unpaired) electrons. The minimum atomic E-state index is -1.06. The van der Waals surface area contributed by atoms with Crippen molar-refractivity contribution < 1.29 is 14.7 Å². The monoisotopic (exact) mass is 334 g/mol. The van der Waals surface area contributed by atoms with Gasteiger partial charge >= 0.3 is 5.97 Å². The van der Waals surface area contributed by atoms with Gasteiger partial charge in [-0.3, -0.25) is 4.79 Å². The molecule has 2 rings (SSSR count).